The largest absolute Gasteiger partial charge is 0.322 e. The van der Waals surface area contributed by atoms with E-state index in [1.54, 1.807) is 18.0 Å². The van der Waals surface area contributed by atoms with Crippen LogP contribution >= 0.6 is 0 Å². The van der Waals surface area contributed by atoms with Gasteiger partial charge in [-0.1, -0.05) is 6.92 Å². The molecular formula is C12H17N3O. The van der Waals surface area contributed by atoms with E-state index in [4.69, 9.17) is 5.73 Å². The fourth-order valence-corrected chi connectivity index (χ4v) is 2.33. The molecule has 2 heterocycles. The monoisotopic (exact) mass is 219 g/mol. The van der Waals surface area contributed by atoms with Gasteiger partial charge in [0, 0.05) is 19.2 Å². The molecule has 2 rings (SSSR count). The topological polar surface area (TPSA) is 59.2 Å². The normalized spacial score (nSPS) is 28.8. The van der Waals surface area contributed by atoms with E-state index in [1.165, 1.54) is 0 Å². The molecule has 4 heteroatoms. The van der Waals surface area contributed by atoms with Gasteiger partial charge in [-0.15, -0.1) is 0 Å². The van der Waals surface area contributed by atoms with E-state index in [1.807, 2.05) is 19.1 Å². The Kier molecular flexibility index (Phi) is 2.68. The van der Waals surface area contributed by atoms with Gasteiger partial charge in [0.25, 0.3) is 0 Å². The van der Waals surface area contributed by atoms with Crippen LogP contribution in [-0.4, -0.2) is 16.9 Å². The molecule has 0 radical (unpaired) electrons. The minimum Gasteiger partial charge on any atom is -0.322 e. The lowest BCUT2D eigenvalue weighted by molar-refractivity contribution is -0.117. The molecule has 1 aliphatic heterocycles. The van der Waals surface area contributed by atoms with Gasteiger partial charge < -0.3 is 10.6 Å². The van der Waals surface area contributed by atoms with Gasteiger partial charge in [0.1, 0.15) is 0 Å². The van der Waals surface area contributed by atoms with Crippen LogP contribution in [0, 0.1) is 5.92 Å². The van der Waals surface area contributed by atoms with E-state index >= 15 is 0 Å². The molecule has 0 fully saturated rings. The maximum Gasteiger partial charge on any atom is 0.224 e. The predicted molar refractivity (Wildman–Crippen MR) is 63.0 cm³/mol. The smallest absolute Gasteiger partial charge is 0.224 e. The van der Waals surface area contributed by atoms with Crippen molar-refractivity contribution in [2.24, 2.45) is 11.7 Å². The Morgan fingerprint density at radius 3 is 2.81 bits per heavy atom. The second-order valence-corrected chi connectivity index (χ2v) is 4.42. The third-order valence-corrected chi connectivity index (χ3v) is 3.47. The third kappa shape index (κ3) is 1.50. The van der Waals surface area contributed by atoms with Crippen molar-refractivity contribution in [1.29, 1.82) is 0 Å². The van der Waals surface area contributed by atoms with Crippen molar-refractivity contribution < 1.29 is 4.79 Å². The number of nitrogens with two attached hydrogens (primary N) is 1. The second-order valence-electron chi connectivity index (χ2n) is 4.42. The molecule has 0 spiro atoms. The Morgan fingerprint density at radius 2 is 2.19 bits per heavy atom. The van der Waals surface area contributed by atoms with Gasteiger partial charge in [-0.25, -0.2) is 0 Å². The number of pyridine rings is 1. The highest BCUT2D eigenvalue weighted by Crippen LogP contribution is 2.37. The number of carbonyl (C=O) groups is 1. The van der Waals surface area contributed by atoms with Crippen molar-refractivity contribution in [2.45, 2.75) is 32.9 Å². The molecule has 1 aliphatic rings. The highest BCUT2D eigenvalue weighted by Gasteiger charge is 2.36. The summed E-state index contributed by atoms with van der Waals surface area (Å²) >= 11 is 0. The summed E-state index contributed by atoms with van der Waals surface area (Å²) in [6.45, 7) is 5.67. The van der Waals surface area contributed by atoms with Crippen LogP contribution in [0.4, 0.5) is 5.69 Å². The highest BCUT2D eigenvalue weighted by atomic mass is 16.2. The highest BCUT2D eigenvalue weighted by molar-refractivity contribution is 5.93. The summed E-state index contributed by atoms with van der Waals surface area (Å²) in [4.78, 5) is 17.8. The van der Waals surface area contributed by atoms with E-state index in [-0.39, 0.29) is 23.9 Å². The van der Waals surface area contributed by atoms with Crippen molar-refractivity contribution in [3.8, 4) is 0 Å². The molecule has 3 atom stereocenters. The summed E-state index contributed by atoms with van der Waals surface area (Å²) in [7, 11) is 0. The molecule has 0 saturated carbocycles. The van der Waals surface area contributed by atoms with Gasteiger partial charge in [0.2, 0.25) is 5.91 Å². The van der Waals surface area contributed by atoms with E-state index in [2.05, 4.69) is 11.9 Å². The molecule has 0 aliphatic carbocycles. The van der Waals surface area contributed by atoms with Crippen LogP contribution in [0.5, 0.6) is 0 Å². The van der Waals surface area contributed by atoms with Crippen molar-refractivity contribution >= 4 is 11.6 Å². The SMILES string of the molecule is CC(=O)N1c2cccnc2[C@H](N)C(C)[C@@H]1C. The van der Waals surface area contributed by atoms with Crippen molar-refractivity contribution in [3.63, 3.8) is 0 Å². The lowest BCUT2D eigenvalue weighted by Gasteiger charge is -2.41. The molecule has 86 valence electrons. The van der Waals surface area contributed by atoms with Gasteiger partial charge >= 0.3 is 0 Å². The maximum atomic E-state index is 11.7. The van der Waals surface area contributed by atoms with Gasteiger partial charge in [-0.3, -0.25) is 9.78 Å². The summed E-state index contributed by atoms with van der Waals surface area (Å²) in [6, 6.07) is 3.77. The van der Waals surface area contributed by atoms with Gasteiger partial charge in [0.15, 0.2) is 0 Å². The maximum absolute atomic E-state index is 11.7. The van der Waals surface area contributed by atoms with Crippen molar-refractivity contribution in [3.05, 3.63) is 24.0 Å². The summed E-state index contributed by atoms with van der Waals surface area (Å²) in [6.07, 6.45) is 1.72. The molecule has 1 aromatic heterocycles. The first-order valence-corrected chi connectivity index (χ1v) is 5.54. The molecule has 1 unspecified atom stereocenters. The molecule has 2 N–H and O–H groups in total. The molecule has 0 bridgehead atoms. The van der Waals surface area contributed by atoms with Crippen LogP contribution < -0.4 is 10.6 Å². The van der Waals surface area contributed by atoms with Crippen LogP contribution in [-0.2, 0) is 4.79 Å². The number of amides is 1. The van der Waals surface area contributed by atoms with Crippen molar-refractivity contribution in [1.82, 2.24) is 4.98 Å². The molecule has 0 aromatic carbocycles. The summed E-state index contributed by atoms with van der Waals surface area (Å²) in [5.41, 5.74) is 7.82. The van der Waals surface area contributed by atoms with Crippen molar-refractivity contribution in [2.75, 3.05) is 4.90 Å². The number of carbonyl (C=O) groups excluding carboxylic acids is 1. The molecule has 1 amide bonds. The van der Waals surface area contributed by atoms with Crippen LogP contribution in [0.2, 0.25) is 0 Å². The summed E-state index contributed by atoms with van der Waals surface area (Å²) < 4.78 is 0. The van der Waals surface area contributed by atoms with Crippen LogP contribution in [0.15, 0.2) is 18.3 Å². The van der Waals surface area contributed by atoms with Gasteiger partial charge in [0.05, 0.1) is 17.4 Å². The fraction of sp³-hybridized carbons (Fsp3) is 0.500. The van der Waals surface area contributed by atoms with Crippen LogP contribution in [0.1, 0.15) is 32.5 Å². The average Bonchev–Trinajstić information content (AvgIpc) is 2.26. The Balaban J connectivity index is 2.56. The molecule has 0 saturated heterocycles. The van der Waals surface area contributed by atoms with Crippen LogP contribution in [0.25, 0.3) is 0 Å². The lowest BCUT2D eigenvalue weighted by Crippen LogP contribution is -2.49. The van der Waals surface area contributed by atoms with Crippen LogP contribution in [0.3, 0.4) is 0 Å². The van der Waals surface area contributed by atoms with E-state index in [9.17, 15) is 4.79 Å². The number of hydrogen-bond donors (Lipinski definition) is 1. The second kappa shape index (κ2) is 3.87. The molecule has 1 aromatic rings. The zero-order valence-corrected chi connectivity index (χ0v) is 9.84. The zero-order valence-electron chi connectivity index (χ0n) is 9.84. The number of hydrogen-bond acceptors (Lipinski definition) is 3. The number of aromatic nitrogens is 1. The Hall–Kier alpha value is -1.42. The first kappa shape index (κ1) is 11.1. The van der Waals surface area contributed by atoms with E-state index < -0.39 is 0 Å². The number of nitrogens with zero attached hydrogens (tertiary/aromatic N) is 2. The minimum absolute atomic E-state index is 0.0421. The Labute approximate surface area is 95.5 Å². The predicted octanol–water partition coefficient (Wildman–Crippen LogP) is 1.47. The minimum atomic E-state index is -0.0956. The quantitative estimate of drug-likeness (QED) is 0.719. The summed E-state index contributed by atoms with van der Waals surface area (Å²) in [5, 5.41) is 0. The molecular weight excluding hydrogens is 202 g/mol. The number of rotatable bonds is 0. The Bertz CT molecular complexity index is 418. The van der Waals surface area contributed by atoms with Gasteiger partial charge in [-0.05, 0) is 25.0 Å². The van der Waals surface area contributed by atoms with Gasteiger partial charge in [-0.2, -0.15) is 0 Å². The average molecular weight is 219 g/mol. The molecule has 4 nitrogen and oxygen atoms in total. The first-order valence-electron chi connectivity index (χ1n) is 5.54. The number of anilines is 1. The third-order valence-electron chi connectivity index (χ3n) is 3.47. The zero-order chi connectivity index (χ0) is 11.9. The van der Waals surface area contributed by atoms with E-state index in [0.29, 0.717) is 0 Å². The lowest BCUT2D eigenvalue weighted by atomic mass is 9.86. The molecule has 16 heavy (non-hydrogen) atoms. The van der Waals surface area contributed by atoms with E-state index in [0.717, 1.165) is 11.4 Å². The fourth-order valence-electron chi connectivity index (χ4n) is 2.33. The standard InChI is InChI=1S/C12H17N3O/c1-7-8(2)15(9(3)16)10-5-4-6-14-12(10)11(7)13/h4-8,11H,13H2,1-3H3/t7?,8-,11+/m0/s1. The first-order chi connectivity index (χ1) is 7.54. The summed E-state index contributed by atoms with van der Waals surface area (Å²) in [5.74, 6) is 0.256. The Morgan fingerprint density at radius 1 is 1.50 bits per heavy atom. The number of fused-ring (bicyclic) bond motifs is 1.